The van der Waals surface area contributed by atoms with E-state index < -0.39 is 5.54 Å². The molecule has 1 heterocycles. The Hall–Kier alpha value is -2.20. The second-order valence-corrected chi connectivity index (χ2v) is 6.72. The number of carbonyl (C=O) groups is 1. The lowest BCUT2D eigenvalue weighted by Crippen LogP contribution is -2.55. The van der Waals surface area contributed by atoms with Gasteiger partial charge in [-0.05, 0) is 49.4 Å². The van der Waals surface area contributed by atoms with Gasteiger partial charge in [-0.2, -0.15) is 0 Å². The highest BCUT2D eigenvalue weighted by atomic mass is 19.1. The molecule has 0 bridgehead atoms. The molecule has 0 spiro atoms. The highest BCUT2D eigenvalue weighted by molar-refractivity contribution is 5.87. The van der Waals surface area contributed by atoms with Crippen LogP contribution in [0.3, 0.4) is 0 Å². The number of nitrogens with one attached hydrogen (secondary N) is 2. The third-order valence-corrected chi connectivity index (χ3v) is 4.86. The van der Waals surface area contributed by atoms with Gasteiger partial charge in [0.05, 0.1) is 0 Å². The van der Waals surface area contributed by atoms with Crippen molar-refractivity contribution in [3.05, 3.63) is 59.9 Å². The van der Waals surface area contributed by atoms with E-state index in [9.17, 15) is 9.18 Å². The molecule has 132 valence electrons. The minimum atomic E-state index is -0.519. The van der Waals surface area contributed by atoms with Crippen LogP contribution < -0.4 is 10.6 Å². The maximum Gasteiger partial charge on any atom is 0.240 e. The smallest absolute Gasteiger partial charge is 0.240 e. The molecule has 2 N–H and O–H groups in total. The van der Waals surface area contributed by atoms with Gasteiger partial charge in [0.1, 0.15) is 11.4 Å². The highest BCUT2D eigenvalue weighted by Gasteiger charge is 2.40. The zero-order valence-corrected chi connectivity index (χ0v) is 14.6. The first kappa shape index (κ1) is 17.6. The lowest BCUT2D eigenvalue weighted by molar-refractivity contribution is -0.127. The van der Waals surface area contributed by atoms with Crippen LogP contribution in [0.4, 0.5) is 4.39 Å². The molecule has 2 aromatic rings. The van der Waals surface area contributed by atoms with Gasteiger partial charge < -0.3 is 10.6 Å². The fourth-order valence-corrected chi connectivity index (χ4v) is 3.48. The second kappa shape index (κ2) is 7.79. The van der Waals surface area contributed by atoms with Crippen molar-refractivity contribution in [3.63, 3.8) is 0 Å². The molecular formula is C21H25FN2O. The summed E-state index contributed by atoms with van der Waals surface area (Å²) in [4.78, 5) is 12.6. The highest BCUT2D eigenvalue weighted by Crippen LogP contribution is 2.27. The van der Waals surface area contributed by atoms with E-state index in [1.165, 1.54) is 6.07 Å². The Bertz CT molecular complexity index is 721. The summed E-state index contributed by atoms with van der Waals surface area (Å²) in [6, 6.07) is 14.6. The fourth-order valence-electron chi connectivity index (χ4n) is 3.48. The van der Waals surface area contributed by atoms with Gasteiger partial charge in [-0.1, -0.05) is 49.4 Å². The van der Waals surface area contributed by atoms with Crippen molar-refractivity contribution in [2.45, 2.75) is 38.1 Å². The summed E-state index contributed by atoms with van der Waals surface area (Å²) in [5.74, 6) is -0.131. The first-order chi connectivity index (χ1) is 12.1. The van der Waals surface area contributed by atoms with Crippen molar-refractivity contribution in [2.24, 2.45) is 0 Å². The van der Waals surface area contributed by atoms with Crippen LogP contribution in [0.15, 0.2) is 48.5 Å². The van der Waals surface area contributed by atoms with Gasteiger partial charge in [-0.15, -0.1) is 0 Å². The largest absolute Gasteiger partial charge is 0.354 e. The lowest BCUT2D eigenvalue weighted by Gasteiger charge is -2.28. The number of hydrogen-bond acceptors (Lipinski definition) is 2. The van der Waals surface area contributed by atoms with Crippen LogP contribution in [0.25, 0.3) is 11.1 Å². The summed E-state index contributed by atoms with van der Waals surface area (Å²) in [5, 5.41) is 6.44. The molecule has 1 atom stereocenters. The zero-order chi connectivity index (χ0) is 17.7. The van der Waals surface area contributed by atoms with Gasteiger partial charge in [0.15, 0.2) is 0 Å². The minimum absolute atomic E-state index is 0.0880. The van der Waals surface area contributed by atoms with Crippen LogP contribution in [0.2, 0.25) is 0 Å². The van der Waals surface area contributed by atoms with Crippen LogP contribution in [0.5, 0.6) is 0 Å². The van der Waals surface area contributed by atoms with Crippen molar-refractivity contribution < 1.29 is 9.18 Å². The van der Waals surface area contributed by atoms with E-state index in [4.69, 9.17) is 0 Å². The molecule has 0 radical (unpaired) electrons. The predicted molar refractivity (Wildman–Crippen MR) is 98.8 cm³/mol. The molecule has 1 fully saturated rings. The normalized spacial score (nSPS) is 19.8. The molecule has 1 unspecified atom stereocenters. The van der Waals surface area contributed by atoms with E-state index in [0.29, 0.717) is 18.5 Å². The van der Waals surface area contributed by atoms with E-state index in [2.05, 4.69) is 17.6 Å². The Balaban J connectivity index is 1.77. The number of carbonyl (C=O) groups excluding carboxylic acids is 1. The molecular weight excluding hydrogens is 315 g/mol. The van der Waals surface area contributed by atoms with Crippen molar-refractivity contribution in [3.8, 4) is 11.1 Å². The minimum Gasteiger partial charge on any atom is -0.354 e. The van der Waals surface area contributed by atoms with E-state index in [1.807, 2.05) is 30.3 Å². The van der Waals surface area contributed by atoms with Gasteiger partial charge in [-0.25, -0.2) is 4.39 Å². The number of rotatable bonds is 6. The topological polar surface area (TPSA) is 41.1 Å². The molecule has 2 aromatic carbocycles. The third-order valence-electron chi connectivity index (χ3n) is 4.86. The molecule has 1 saturated heterocycles. The van der Waals surface area contributed by atoms with Crippen LogP contribution >= 0.6 is 0 Å². The van der Waals surface area contributed by atoms with Gasteiger partial charge in [0, 0.05) is 12.1 Å². The van der Waals surface area contributed by atoms with Crippen LogP contribution in [0.1, 0.15) is 31.7 Å². The predicted octanol–water partition coefficient (Wildman–Crippen LogP) is 3.68. The van der Waals surface area contributed by atoms with Crippen molar-refractivity contribution >= 4 is 5.91 Å². The number of halogens is 1. The molecule has 1 aliphatic heterocycles. The van der Waals surface area contributed by atoms with Crippen molar-refractivity contribution in [2.75, 3.05) is 13.1 Å². The Labute approximate surface area is 148 Å². The summed E-state index contributed by atoms with van der Waals surface area (Å²) in [6.45, 7) is 3.62. The zero-order valence-electron chi connectivity index (χ0n) is 14.6. The second-order valence-electron chi connectivity index (χ2n) is 6.72. The monoisotopic (exact) mass is 340 g/mol. The van der Waals surface area contributed by atoms with Gasteiger partial charge in [0.25, 0.3) is 0 Å². The molecule has 0 aromatic heterocycles. The number of amides is 1. The molecule has 3 nitrogen and oxygen atoms in total. The van der Waals surface area contributed by atoms with Gasteiger partial charge in [0.2, 0.25) is 5.91 Å². The molecule has 0 saturated carbocycles. The quantitative estimate of drug-likeness (QED) is 0.842. The van der Waals surface area contributed by atoms with Gasteiger partial charge >= 0.3 is 0 Å². The van der Waals surface area contributed by atoms with E-state index in [0.717, 1.165) is 36.9 Å². The summed E-state index contributed by atoms with van der Waals surface area (Å²) < 4.78 is 13.9. The molecule has 1 amide bonds. The Morgan fingerprint density at radius 1 is 1.20 bits per heavy atom. The molecule has 3 rings (SSSR count). The maximum absolute atomic E-state index is 13.9. The fraction of sp³-hybridized carbons (Fsp3) is 0.381. The standard InChI is InChI=1S/C21H25FN2O/c1-2-13-23-20(25)21(12-5-14-24-21)15-16-8-10-17(11-9-16)18-6-3-4-7-19(18)22/h3-4,6-11,24H,2,5,12-15H2,1H3,(H,23,25). The summed E-state index contributed by atoms with van der Waals surface area (Å²) >= 11 is 0. The Kier molecular flexibility index (Phi) is 5.49. The average molecular weight is 340 g/mol. The summed E-state index contributed by atoms with van der Waals surface area (Å²) in [5.41, 5.74) is 2.02. The first-order valence-corrected chi connectivity index (χ1v) is 9.02. The average Bonchev–Trinajstić information content (AvgIpc) is 3.11. The van der Waals surface area contributed by atoms with E-state index in [1.54, 1.807) is 12.1 Å². The molecule has 25 heavy (non-hydrogen) atoms. The van der Waals surface area contributed by atoms with Crippen LogP contribution in [-0.4, -0.2) is 24.5 Å². The van der Waals surface area contributed by atoms with Crippen LogP contribution in [0, 0.1) is 5.82 Å². The third kappa shape index (κ3) is 3.90. The number of hydrogen-bond donors (Lipinski definition) is 2. The van der Waals surface area contributed by atoms with E-state index >= 15 is 0 Å². The summed E-state index contributed by atoms with van der Waals surface area (Å²) in [7, 11) is 0. The molecule has 0 aliphatic carbocycles. The van der Waals surface area contributed by atoms with E-state index in [-0.39, 0.29) is 11.7 Å². The summed E-state index contributed by atoms with van der Waals surface area (Å²) in [6.07, 6.45) is 3.43. The van der Waals surface area contributed by atoms with Crippen molar-refractivity contribution in [1.29, 1.82) is 0 Å². The first-order valence-electron chi connectivity index (χ1n) is 9.02. The van der Waals surface area contributed by atoms with Gasteiger partial charge in [-0.3, -0.25) is 4.79 Å². The lowest BCUT2D eigenvalue weighted by atomic mass is 9.87. The number of benzene rings is 2. The molecule has 1 aliphatic rings. The van der Waals surface area contributed by atoms with Crippen LogP contribution in [-0.2, 0) is 11.2 Å². The Morgan fingerprint density at radius 2 is 1.96 bits per heavy atom. The van der Waals surface area contributed by atoms with Crippen molar-refractivity contribution in [1.82, 2.24) is 10.6 Å². The Morgan fingerprint density at radius 3 is 2.60 bits per heavy atom. The SMILES string of the molecule is CCCNC(=O)C1(Cc2ccc(-c3ccccc3F)cc2)CCCN1. The molecule has 4 heteroatoms. The maximum atomic E-state index is 13.9.